The van der Waals surface area contributed by atoms with Crippen LogP contribution in [-0.4, -0.2) is 57.8 Å². The molecule has 3 rings (SSSR count). The number of ether oxygens (including phenoxy) is 1. The number of carbonyl (C=O) groups is 3. The topological polar surface area (TPSA) is 128 Å². The highest BCUT2D eigenvalue weighted by Crippen LogP contribution is 2.29. The summed E-state index contributed by atoms with van der Waals surface area (Å²) in [6, 6.07) is 17.8. The summed E-state index contributed by atoms with van der Waals surface area (Å²) >= 11 is 6.37. The first-order valence-electron chi connectivity index (χ1n) is 13.2. The number of hydrogen-bond donors (Lipinski definition) is 4. The molecule has 41 heavy (non-hydrogen) atoms. The maximum absolute atomic E-state index is 14.2. The molecule has 3 amide bonds. The fourth-order valence-corrected chi connectivity index (χ4v) is 4.55. The van der Waals surface area contributed by atoms with E-state index in [2.05, 4.69) is 10.6 Å². The summed E-state index contributed by atoms with van der Waals surface area (Å²) < 4.78 is 5.41. The first-order chi connectivity index (χ1) is 19.4. The molecular formula is C31H36ClN3O6. The highest BCUT2D eigenvalue weighted by molar-refractivity contribution is 6.34. The predicted octanol–water partition coefficient (Wildman–Crippen LogP) is 4.99. The summed E-state index contributed by atoms with van der Waals surface area (Å²) in [4.78, 5) is 42.1. The zero-order valence-corrected chi connectivity index (χ0v) is 24.3. The van der Waals surface area contributed by atoms with Gasteiger partial charge < -0.3 is 30.5 Å². The van der Waals surface area contributed by atoms with Crippen LogP contribution in [0, 0.1) is 6.92 Å². The van der Waals surface area contributed by atoms with Crippen LogP contribution in [0.1, 0.15) is 43.5 Å². The highest BCUT2D eigenvalue weighted by Gasteiger charge is 2.36. The predicted molar refractivity (Wildman–Crippen MR) is 158 cm³/mol. The second-order valence-corrected chi connectivity index (χ2v) is 11.0. The lowest BCUT2D eigenvalue weighted by Crippen LogP contribution is -2.53. The van der Waals surface area contributed by atoms with E-state index in [9.17, 15) is 24.6 Å². The van der Waals surface area contributed by atoms with Gasteiger partial charge >= 0.3 is 6.09 Å². The van der Waals surface area contributed by atoms with Crippen molar-refractivity contribution in [1.82, 2.24) is 10.2 Å². The fourth-order valence-electron chi connectivity index (χ4n) is 4.28. The monoisotopic (exact) mass is 581 g/mol. The van der Waals surface area contributed by atoms with E-state index in [1.165, 1.54) is 17.0 Å². The Bertz CT molecular complexity index is 1320. The average molecular weight is 582 g/mol. The van der Waals surface area contributed by atoms with E-state index in [1.807, 2.05) is 0 Å². The molecule has 2 unspecified atom stereocenters. The Kier molecular flexibility index (Phi) is 10.7. The lowest BCUT2D eigenvalue weighted by molar-refractivity contribution is -0.141. The third kappa shape index (κ3) is 8.96. The number of aliphatic hydroxyl groups excluding tert-OH is 1. The molecule has 9 nitrogen and oxygen atoms in total. The number of halogens is 1. The van der Waals surface area contributed by atoms with Crippen molar-refractivity contribution in [3.05, 3.63) is 94.5 Å². The highest BCUT2D eigenvalue weighted by atomic mass is 35.5. The number of phenols is 1. The minimum Gasteiger partial charge on any atom is -0.508 e. The molecular weight excluding hydrogens is 546 g/mol. The standard InChI is InChI=1S/C31H36ClN3O6/c1-20-9-8-12-24(32)26(20)34-28(38)27(22-10-6-5-7-11-22)35(17-18-36)29(39)25(33-30(40)41-31(2,3)4)19-21-13-15-23(37)16-14-21/h5-16,25,27,36-37H,17-19H2,1-4H3,(H,33,40)(H,34,38). The van der Waals surface area contributed by atoms with Crippen molar-refractivity contribution in [2.24, 2.45) is 0 Å². The van der Waals surface area contributed by atoms with E-state index in [0.717, 1.165) is 5.56 Å². The molecule has 0 heterocycles. The molecule has 0 aliphatic heterocycles. The third-order valence-corrected chi connectivity index (χ3v) is 6.45. The first kappa shape index (κ1) is 31.4. The number of rotatable bonds is 10. The lowest BCUT2D eigenvalue weighted by Gasteiger charge is -2.34. The van der Waals surface area contributed by atoms with Gasteiger partial charge in [-0.15, -0.1) is 0 Å². The molecule has 0 saturated heterocycles. The number of nitrogens with one attached hydrogen (secondary N) is 2. The van der Waals surface area contributed by atoms with Gasteiger partial charge in [-0.05, 0) is 62.6 Å². The number of aliphatic hydroxyl groups is 1. The van der Waals surface area contributed by atoms with Crippen LogP contribution in [0.3, 0.4) is 0 Å². The van der Waals surface area contributed by atoms with E-state index in [-0.39, 0.29) is 18.7 Å². The largest absolute Gasteiger partial charge is 0.508 e. The van der Waals surface area contributed by atoms with Crippen molar-refractivity contribution in [2.45, 2.75) is 51.8 Å². The van der Waals surface area contributed by atoms with Gasteiger partial charge in [-0.25, -0.2) is 4.79 Å². The van der Waals surface area contributed by atoms with E-state index in [0.29, 0.717) is 21.8 Å². The van der Waals surface area contributed by atoms with Crippen LogP contribution in [0.4, 0.5) is 10.5 Å². The number of carbonyl (C=O) groups excluding carboxylic acids is 3. The summed E-state index contributed by atoms with van der Waals surface area (Å²) in [7, 11) is 0. The summed E-state index contributed by atoms with van der Waals surface area (Å²) in [5.41, 5.74) is 1.46. The van der Waals surface area contributed by atoms with Crippen LogP contribution in [0.15, 0.2) is 72.8 Å². The SMILES string of the molecule is Cc1cccc(Cl)c1NC(=O)C(c1ccccc1)N(CCO)C(=O)C(Cc1ccc(O)cc1)NC(=O)OC(C)(C)C. The fraction of sp³-hybridized carbons (Fsp3) is 0.323. The number of amides is 3. The number of benzene rings is 3. The van der Waals surface area contributed by atoms with Gasteiger partial charge in [0, 0.05) is 13.0 Å². The molecule has 0 aromatic heterocycles. The molecule has 218 valence electrons. The molecule has 2 atom stereocenters. The van der Waals surface area contributed by atoms with Gasteiger partial charge in [0.2, 0.25) is 5.91 Å². The van der Waals surface area contributed by atoms with Crippen molar-refractivity contribution in [2.75, 3.05) is 18.5 Å². The second kappa shape index (κ2) is 14.0. The lowest BCUT2D eigenvalue weighted by atomic mass is 10.00. The Morgan fingerprint density at radius 2 is 1.63 bits per heavy atom. The van der Waals surface area contributed by atoms with Crippen molar-refractivity contribution in [3.8, 4) is 5.75 Å². The van der Waals surface area contributed by atoms with Crippen LogP contribution in [0.2, 0.25) is 5.02 Å². The maximum atomic E-state index is 14.2. The third-order valence-electron chi connectivity index (χ3n) is 6.13. The number of phenolic OH excluding ortho intramolecular Hbond substituents is 1. The van der Waals surface area contributed by atoms with Crippen molar-refractivity contribution in [3.63, 3.8) is 0 Å². The van der Waals surface area contributed by atoms with Gasteiger partial charge in [-0.1, -0.05) is 66.2 Å². The Morgan fingerprint density at radius 3 is 2.22 bits per heavy atom. The zero-order valence-electron chi connectivity index (χ0n) is 23.6. The minimum absolute atomic E-state index is 0.0348. The van der Waals surface area contributed by atoms with E-state index in [1.54, 1.807) is 88.4 Å². The van der Waals surface area contributed by atoms with E-state index >= 15 is 0 Å². The number of alkyl carbamates (subject to hydrolysis) is 1. The Labute approximate surface area is 245 Å². The number of para-hydroxylation sites is 1. The smallest absolute Gasteiger partial charge is 0.408 e. The van der Waals surface area contributed by atoms with Crippen LogP contribution in [0.5, 0.6) is 5.75 Å². The number of anilines is 1. The van der Waals surface area contributed by atoms with E-state index in [4.69, 9.17) is 16.3 Å². The molecule has 4 N–H and O–H groups in total. The van der Waals surface area contributed by atoms with Gasteiger partial charge in [0.05, 0.1) is 17.3 Å². The Hall–Kier alpha value is -4.08. The first-order valence-corrected chi connectivity index (χ1v) is 13.6. The molecule has 0 bridgehead atoms. The van der Waals surface area contributed by atoms with E-state index < -0.39 is 42.2 Å². The van der Waals surface area contributed by atoms with Crippen LogP contribution < -0.4 is 10.6 Å². The molecule has 0 aliphatic carbocycles. The normalized spacial score (nSPS) is 12.6. The second-order valence-electron chi connectivity index (χ2n) is 10.6. The van der Waals surface area contributed by atoms with Gasteiger partial charge in [-0.2, -0.15) is 0 Å². The summed E-state index contributed by atoms with van der Waals surface area (Å²) in [5, 5.41) is 25.5. The van der Waals surface area contributed by atoms with Gasteiger partial charge in [0.25, 0.3) is 5.91 Å². The molecule has 0 saturated carbocycles. The minimum atomic E-state index is -1.17. The number of aromatic hydroxyl groups is 1. The molecule has 0 fully saturated rings. The van der Waals surface area contributed by atoms with Crippen LogP contribution in [0.25, 0.3) is 0 Å². The molecule has 10 heteroatoms. The number of hydrogen-bond acceptors (Lipinski definition) is 6. The van der Waals surface area contributed by atoms with Crippen LogP contribution in [-0.2, 0) is 20.7 Å². The zero-order chi connectivity index (χ0) is 30.2. The van der Waals surface area contributed by atoms with Crippen molar-refractivity contribution < 1.29 is 29.3 Å². The molecule has 0 radical (unpaired) electrons. The molecule has 0 aliphatic rings. The molecule has 3 aromatic carbocycles. The summed E-state index contributed by atoms with van der Waals surface area (Å²) in [6.45, 7) is 6.27. The Morgan fingerprint density at radius 1 is 0.976 bits per heavy atom. The average Bonchev–Trinajstić information content (AvgIpc) is 2.90. The molecule has 0 spiro atoms. The van der Waals surface area contributed by atoms with Crippen molar-refractivity contribution >= 4 is 35.2 Å². The summed E-state index contributed by atoms with van der Waals surface area (Å²) in [6.07, 6.45) is -0.779. The number of nitrogens with zero attached hydrogens (tertiary/aromatic N) is 1. The molecule has 3 aromatic rings. The quantitative estimate of drug-likeness (QED) is 0.267. The maximum Gasteiger partial charge on any atom is 0.408 e. The summed E-state index contributed by atoms with van der Waals surface area (Å²) in [5.74, 6) is -1.11. The van der Waals surface area contributed by atoms with Crippen molar-refractivity contribution in [1.29, 1.82) is 0 Å². The van der Waals surface area contributed by atoms with Gasteiger partial charge in [-0.3, -0.25) is 9.59 Å². The van der Waals surface area contributed by atoms with Gasteiger partial charge in [0.1, 0.15) is 23.4 Å². The Balaban J connectivity index is 2.03. The van der Waals surface area contributed by atoms with Crippen LogP contribution >= 0.6 is 11.6 Å². The number of aryl methyl sites for hydroxylation is 1. The van der Waals surface area contributed by atoms with Gasteiger partial charge in [0.15, 0.2) is 0 Å².